The van der Waals surface area contributed by atoms with Gasteiger partial charge in [0, 0.05) is 12.4 Å². The largest absolute Gasteiger partial charge is 0.370 e. The maximum absolute atomic E-state index is 9.84. The second kappa shape index (κ2) is 3.01. The van der Waals surface area contributed by atoms with Gasteiger partial charge in [-0.15, -0.1) is 0 Å². The third-order valence-electron chi connectivity index (χ3n) is 2.26. The molecule has 0 spiro atoms. The van der Waals surface area contributed by atoms with Gasteiger partial charge in [-0.2, -0.15) is 0 Å². The van der Waals surface area contributed by atoms with Crippen molar-refractivity contribution in [1.82, 2.24) is 14.4 Å². The average Bonchev–Trinajstić information content (AvgIpc) is 2.38. The molecule has 2 heterocycles. The van der Waals surface area contributed by atoms with E-state index < -0.39 is 5.72 Å². The Morgan fingerprint density at radius 1 is 1.47 bits per heavy atom. The summed E-state index contributed by atoms with van der Waals surface area (Å²) in [7, 11) is 0. The fraction of sp³-hybridized carbons (Fsp3) is 0.400. The van der Waals surface area contributed by atoms with Crippen LogP contribution in [0, 0.1) is 13.8 Å². The van der Waals surface area contributed by atoms with E-state index in [-0.39, 0.29) is 0 Å². The molecule has 2 rings (SSSR count). The van der Waals surface area contributed by atoms with Crippen molar-refractivity contribution in [3.63, 3.8) is 0 Å². The molecule has 3 N–H and O–H groups in total. The Morgan fingerprint density at radius 3 is 2.73 bits per heavy atom. The van der Waals surface area contributed by atoms with Gasteiger partial charge < -0.3 is 5.11 Å². The molecular formula is C10H14N4O. The number of nitrogens with zero attached hydrogens (tertiary/aromatic N) is 3. The zero-order valence-corrected chi connectivity index (χ0v) is 9.02. The van der Waals surface area contributed by atoms with E-state index in [0.29, 0.717) is 17.2 Å². The van der Waals surface area contributed by atoms with Crippen molar-refractivity contribution in [3.8, 4) is 0 Å². The fourth-order valence-electron chi connectivity index (χ4n) is 1.75. The van der Waals surface area contributed by atoms with E-state index in [1.54, 1.807) is 17.5 Å². The molecule has 0 aliphatic carbocycles. The Kier molecular flexibility index (Phi) is 2.02. The number of aliphatic hydroxyl groups is 1. The lowest BCUT2D eigenvalue weighted by molar-refractivity contribution is 0.0584. The van der Waals surface area contributed by atoms with Crippen molar-refractivity contribution in [2.75, 3.05) is 0 Å². The maximum atomic E-state index is 9.84. The lowest BCUT2D eigenvalue weighted by Crippen LogP contribution is -2.34. The summed E-state index contributed by atoms with van der Waals surface area (Å²) < 4.78 is 1.73. The van der Waals surface area contributed by atoms with E-state index in [9.17, 15) is 5.11 Å². The van der Waals surface area contributed by atoms with Crippen molar-refractivity contribution in [2.45, 2.75) is 26.5 Å². The van der Waals surface area contributed by atoms with Gasteiger partial charge in [-0.3, -0.25) is 10.1 Å². The van der Waals surface area contributed by atoms with Gasteiger partial charge in [0.25, 0.3) is 0 Å². The highest BCUT2D eigenvalue weighted by Gasteiger charge is 2.25. The minimum atomic E-state index is -1.40. The van der Waals surface area contributed by atoms with E-state index in [2.05, 4.69) is 9.97 Å². The molecule has 0 aliphatic heterocycles. The van der Waals surface area contributed by atoms with E-state index in [1.807, 2.05) is 13.1 Å². The molecule has 5 heteroatoms. The molecular weight excluding hydrogens is 192 g/mol. The lowest BCUT2D eigenvalue weighted by Gasteiger charge is -2.17. The number of nitrogens with two attached hydrogens (primary N) is 1. The monoisotopic (exact) mass is 206 g/mol. The van der Waals surface area contributed by atoms with E-state index in [0.717, 1.165) is 5.56 Å². The molecule has 2 aromatic heterocycles. The van der Waals surface area contributed by atoms with Crippen molar-refractivity contribution in [3.05, 3.63) is 29.3 Å². The Balaban J connectivity index is 2.82. The standard InChI is InChI=1S/C10H14N4O/c1-6-4-12-9-13-7(2)8(10(3,11)15)14(9)5-6/h4-5,15H,11H2,1-3H3. The molecule has 1 atom stereocenters. The second-order valence-corrected chi connectivity index (χ2v) is 3.99. The predicted molar refractivity (Wildman–Crippen MR) is 56.2 cm³/mol. The van der Waals surface area contributed by atoms with Crippen molar-refractivity contribution < 1.29 is 5.11 Å². The van der Waals surface area contributed by atoms with Gasteiger partial charge in [0.1, 0.15) is 0 Å². The zero-order valence-electron chi connectivity index (χ0n) is 9.02. The third-order valence-corrected chi connectivity index (χ3v) is 2.26. The summed E-state index contributed by atoms with van der Waals surface area (Å²) >= 11 is 0. The summed E-state index contributed by atoms with van der Waals surface area (Å²) in [5, 5.41) is 9.84. The van der Waals surface area contributed by atoms with E-state index >= 15 is 0 Å². The van der Waals surface area contributed by atoms with Crippen LogP contribution in [-0.2, 0) is 5.72 Å². The first-order valence-electron chi connectivity index (χ1n) is 4.72. The SMILES string of the molecule is Cc1cnc2nc(C)c(C(C)(N)O)n2c1. The van der Waals surface area contributed by atoms with Crippen LogP contribution in [0.3, 0.4) is 0 Å². The van der Waals surface area contributed by atoms with Crippen LogP contribution in [0.1, 0.15) is 23.9 Å². The number of imidazole rings is 1. The highest BCUT2D eigenvalue weighted by Crippen LogP contribution is 2.20. The normalized spacial score (nSPS) is 15.5. The second-order valence-electron chi connectivity index (χ2n) is 3.99. The number of aromatic nitrogens is 3. The van der Waals surface area contributed by atoms with Gasteiger partial charge in [-0.05, 0) is 26.3 Å². The molecule has 15 heavy (non-hydrogen) atoms. The minimum absolute atomic E-state index is 0.554. The molecule has 0 radical (unpaired) electrons. The quantitative estimate of drug-likeness (QED) is 0.665. The van der Waals surface area contributed by atoms with Gasteiger partial charge in [-0.25, -0.2) is 9.97 Å². The highest BCUT2D eigenvalue weighted by molar-refractivity contribution is 5.38. The van der Waals surface area contributed by atoms with E-state index in [1.165, 1.54) is 6.92 Å². The maximum Gasteiger partial charge on any atom is 0.234 e. The van der Waals surface area contributed by atoms with Gasteiger partial charge in [0.15, 0.2) is 5.72 Å². The first-order valence-corrected chi connectivity index (χ1v) is 4.72. The Bertz CT molecular complexity index is 510. The number of hydrogen-bond donors (Lipinski definition) is 2. The highest BCUT2D eigenvalue weighted by atomic mass is 16.3. The summed E-state index contributed by atoms with van der Waals surface area (Å²) in [5.41, 5.74) is 6.54. The molecule has 0 aromatic carbocycles. The summed E-state index contributed by atoms with van der Waals surface area (Å²) in [6.45, 7) is 5.27. The molecule has 0 amide bonds. The number of aryl methyl sites for hydroxylation is 2. The van der Waals surface area contributed by atoms with Crippen LogP contribution in [0.5, 0.6) is 0 Å². The van der Waals surface area contributed by atoms with Crippen LogP contribution >= 0.6 is 0 Å². The predicted octanol–water partition coefficient (Wildman–Crippen LogP) is 0.470. The average molecular weight is 206 g/mol. The Hall–Kier alpha value is -1.46. The minimum Gasteiger partial charge on any atom is -0.370 e. The van der Waals surface area contributed by atoms with Gasteiger partial charge in [0.2, 0.25) is 5.78 Å². The summed E-state index contributed by atoms with van der Waals surface area (Å²) in [6, 6.07) is 0. The van der Waals surface area contributed by atoms with Crippen LogP contribution in [0.4, 0.5) is 0 Å². The summed E-state index contributed by atoms with van der Waals surface area (Å²) in [4.78, 5) is 8.39. The first-order chi connectivity index (χ1) is 6.89. The molecule has 0 fully saturated rings. The summed E-state index contributed by atoms with van der Waals surface area (Å²) in [5.74, 6) is 0.554. The molecule has 0 bridgehead atoms. The zero-order chi connectivity index (χ0) is 11.2. The Morgan fingerprint density at radius 2 is 2.13 bits per heavy atom. The van der Waals surface area contributed by atoms with E-state index in [4.69, 9.17) is 5.73 Å². The molecule has 0 aliphatic rings. The molecule has 80 valence electrons. The van der Waals surface area contributed by atoms with Crippen molar-refractivity contribution in [2.24, 2.45) is 5.73 Å². The topological polar surface area (TPSA) is 76.4 Å². The number of hydrogen-bond acceptors (Lipinski definition) is 4. The molecule has 0 saturated heterocycles. The molecule has 1 unspecified atom stereocenters. The Labute approximate surface area is 87.6 Å². The van der Waals surface area contributed by atoms with Crippen LogP contribution < -0.4 is 5.73 Å². The van der Waals surface area contributed by atoms with Crippen LogP contribution in [0.15, 0.2) is 12.4 Å². The van der Waals surface area contributed by atoms with Crippen LogP contribution in [0.25, 0.3) is 5.78 Å². The number of fused-ring (bicyclic) bond motifs is 1. The third kappa shape index (κ3) is 1.60. The first kappa shape index (κ1) is 10.1. The molecule has 5 nitrogen and oxygen atoms in total. The summed E-state index contributed by atoms with van der Waals surface area (Å²) in [6.07, 6.45) is 3.59. The lowest BCUT2D eigenvalue weighted by atomic mass is 10.1. The van der Waals surface area contributed by atoms with Crippen LogP contribution in [-0.4, -0.2) is 19.5 Å². The van der Waals surface area contributed by atoms with Gasteiger partial charge >= 0.3 is 0 Å². The smallest absolute Gasteiger partial charge is 0.234 e. The fourth-order valence-corrected chi connectivity index (χ4v) is 1.75. The van der Waals surface area contributed by atoms with Crippen LogP contribution in [0.2, 0.25) is 0 Å². The van der Waals surface area contributed by atoms with Crippen molar-refractivity contribution in [1.29, 1.82) is 0 Å². The molecule has 0 saturated carbocycles. The van der Waals surface area contributed by atoms with Gasteiger partial charge in [-0.1, -0.05) is 0 Å². The molecule has 2 aromatic rings. The number of rotatable bonds is 1. The van der Waals surface area contributed by atoms with Crippen molar-refractivity contribution >= 4 is 5.78 Å². The van der Waals surface area contributed by atoms with Gasteiger partial charge in [0.05, 0.1) is 11.4 Å².